The van der Waals surface area contributed by atoms with Crippen LogP contribution in [0.1, 0.15) is 25.5 Å². The predicted molar refractivity (Wildman–Crippen MR) is 103 cm³/mol. The Hall–Kier alpha value is -3.52. The maximum absolute atomic E-state index is 12.7. The Morgan fingerprint density at radius 3 is 2.10 bits per heavy atom. The predicted octanol–water partition coefficient (Wildman–Crippen LogP) is -3.30. The van der Waals surface area contributed by atoms with E-state index >= 15 is 0 Å². The summed E-state index contributed by atoms with van der Waals surface area (Å²) in [4.78, 5) is 65.6. The van der Waals surface area contributed by atoms with Gasteiger partial charge in [0.05, 0.1) is 19.0 Å². The SMILES string of the molecule is CC(N)C(=O)NC(CCC(=O)O)C(=O)NC(Cc1cnc[nH]1)C(=O)NC(CO)C(=O)O. The highest BCUT2D eigenvalue weighted by atomic mass is 16.4. The van der Waals surface area contributed by atoms with Gasteiger partial charge in [-0.15, -0.1) is 0 Å². The Labute approximate surface area is 176 Å². The molecule has 1 rings (SSSR count). The van der Waals surface area contributed by atoms with Crippen LogP contribution < -0.4 is 21.7 Å². The Bertz CT molecular complexity index is 782. The van der Waals surface area contributed by atoms with Crippen molar-refractivity contribution >= 4 is 29.7 Å². The molecule has 0 aliphatic rings. The van der Waals surface area contributed by atoms with Crippen molar-refractivity contribution in [2.75, 3.05) is 6.61 Å². The van der Waals surface area contributed by atoms with Crippen LogP contribution in [-0.4, -0.2) is 85.7 Å². The summed E-state index contributed by atoms with van der Waals surface area (Å²) in [5.41, 5.74) is 5.89. The van der Waals surface area contributed by atoms with Gasteiger partial charge in [-0.1, -0.05) is 0 Å². The Morgan fingerprint density at radius 1 is 1.03 bits per heavy atom. The molecule has 14 heteroatoms. The lowest BCUT2D eigenvalue weighted by Crippen LogP contribution is -2.57. The zero-order valence-corrected chi connectivity index (χ0v) is 16.7. The van der Waals surface area contributed by atoms with E-state index < -0.39 is 66.9 Å². The first-order chi connectivity index (χ1) is 14.5. The fourth-order valence-corrected chi connectivity index (χ4v) is 2.40. The van der Waals surface area contributed by atoms with Crippen molar-refractivity contribution in [3.8, 4) is 0 Å². The number of amides is 3. The number of aliphatic carboxylic acids is 2. The Morgan fingerprint density at radius 2 is 1.61 bits per heavy atom. The Kier molecular flexibility index (Phi) is 10.1. The van der Waals surface area contributed by atoms with Crippen molar-refractivity contribution in [1.29, 1.82) is 0 Å². The van der Waals surface area contributed by atoms with Gasteiger partial charge in [0.1, 0.15) is 18.1 Å². The number of carboxylic acid groups (broad SMARTS) is 2. The van der Waals surface area contributed by atoms with Gasteiger partial charge in [0.2, 0.25) is 17.7 Å². The number of nitrogens with zero attached hydrogens (tertiary/aromatic N) is 1. The van der Waals surface area contributed by atoms with Gasteiger partial charge < -0.3 is 42.0 Å². The number of carbonyl (C=O) groups excluding carboxylic acids is 3. The van der Waals surface area contributed by atoms with Crippen LogP contribution in [0, 0.1) is 0 Å². The van der Waals surface area contributed by atoms with Gasteiger partial charge in [0.25, 0.3) is 0 Å². The van der Waals surface area contributed by atoms with Gasteiger partial charge in [0, 0.05) is 24.7 Å². The summed E-state index contributed by atoms with van der Waals surface area (Å²) < 4.78 is 0. The van der Waals surface area contributed by atoms with E-state index in [4.69, 9.17) is 21.1 Å². The summed E-state index contributed by atoms with van der Waals surface area (Å²) in [6.07, 6.45) is 1.88. The summed E-state index contributed by atoms with van der Waals surface area (Å²) in [7, 11) is 0. The highest BCUT2D eigenvalue weighted by Crippen LogP contribution is 2.04. The highest BCUT2D eigenvalue weighted by Gasteiger charge is 2.30. The van der Waals surface area contributed by atoms with Gasteiger partial charge in [-0.2, -0.15) is 0 Å². The van der Waals surface area contributed by atoms with E-state index in [0.29, 0.717) is 5.69 Å². The number of aromatic amines is 1. The molecule has 0 aliphatic carbocycles. The summed E-state index contributed by atoms with van der Waals surface area (Å²) in [6, 6.07) is -5.19. The molecule has 14 nitrogen and oxygen atoms in total. The fraction of sp³-hybridized carbons (Fsp3) is 0.529. The zero-order chi connectivity index (χ0) is 23.6. The Balaban J connectivity index is 3.01. The maximum atomic E-state index is 12.7. The number of nitrogens with two attached hydrogens (primary N) is 1. The van der Waals surface area contributed by atoms with Gasteiger partial charge in [-0.3, -0.25) is 19.2 Å². The standard InChI is InChI=1S/C17H26N6O8/c1-8(18)14(27)21-10(2-3-13(25)26)15(28)22-11(4-9-5-19-7-20-9)16(29)23-12(6-24)17(30)31/h5,7-8,10-12,24H,2-4,6,18H2,1H3,(H,19,20)(H,21,27)(H,22,28)(H,23,29)(H,25,26)(H,30,31). The first-order valence-corrected chi connectivity index (χ1v) is 9.24. The minimum Gasteiger partial charge on any atom is -0.481 e. The van der Waals surface area contributed by atoms with Crippen LogP contribution >= 0.6 is 0 Å². The number of hydrogen-bond acceptors (Lipinski definition) is 8. The topological polar surface area (TPSA) is 237 Å². The van der Waals surface area contributed by atoms with E-state index in [1.165, 1.54) is 19.4 Å². The smallest absolute Gasteiger partial charge is 0.328 e. The number of carboxylic acids is 2. The van der Waals surface area contributed by atoms with E-state index in [0.717, 1.165) is 0 Å². The number of H-pyrrole nitrogens is 1. The zero-order valence-electron chi connectivity index (χ0n) is 16.7. The average Bonchev–Trinajstić information content (AvgIpc) is 3.20. The van der Waals surface area contributed by atoms with Crippen LogP contribution in [0.5, 0.6) is 0 Å². The molecule has 1 heterocycles. The van der Waals surface area contributed by atoms with E-state index in [2.05, 4.69) is 25.9 Å². The molecule has 4 unspecified atom stereocenters. The second-order valence-electron chi connectivity index (χ2n) is 6.71. The third-order valence-corrected chi connectivity index (χ3v) is 4.10. The number of aliphatic hydroxyl groups excluding tert-OH is 1. The third-order valence-electron chi connectivity index (χ3n) is 4.10. The molecule has 0 saturated heterocycles. The van der Waals surface area contributed by atoms with Crippen molar-refractivity contribution in [3.05, 3.63) is 18.2 Å². The summed E-state index contributed by atoms with van der Waals surface area (Å²) >= 11 is 0. The number of nitrogens with one attached hydrogen (secondary N) is 4. The third kappa shape index (κ3) is 8.79. The van der Waals surface area contributed by atoms with E-state index in [1.54, 1.807) is 0 Å². The van der Waals surface area contributed by atoms with Crippen LogP contribution in [0.4, 0.5) is 0 Å². The summed E-state index contributed by atoms with van der Waals surface area (Å²) in [5.74, 6) is -5.17. The molecule has 1 aromatic heterocycles. The monoisotopic (exact) mass is 442 g/mol. The van der Waals surface area contributed by atoms with Gasteiger partial charge in [-0.05, 0) is 13.3 Å². The van der Waals surface area contributed by atoms with E-state index in [-0.39, 0.29) is 12.8 Å². The van der Waals surface area contributed by atoms with Gasteiger partial charge in [0.15, 0.2) is 0 Å². The molecule has 0 radical (unpaired) electrons. The first-order valence-electron chi connectivity index (χ1n) is 9.24. The molecular formula is C17H26N6O8. The largest absolute Gasteiger partial charge is 0.481 e. The molecule has 0 saturated carbocycles. The number of aromatic nitrogens is 2. The first kappa shape index (κ1) is 25.5. The molecule has 31 heavy (non-hydrogen) atoms. The number of aliphatic hydroxyl groups is 1. The maximum Gasteiger partial charge on any atom is 0.328 e. The number of rotatable bonds is 13. The molecular weight excluding hydrogens is 416 g/mol. The van der Waals surface area contributed by atoms with Crippen molar-refractivity contribution in [1.82, 2.24) is 25.9 Å². The summed E-state index contributed by atoms with van der Waals surface area (Å²) in [6.45, 7) is 0.494. The van der Waals surface area contributed by atoms with Gasteiger partial charge in [-0.25, -0.2) is 9.78 Å². The quantitative estimate of drug-likeness (QED) is 0.151. The molecule has 4 atom stereocenters. The van der Waals surface area contributed by atoms with Crippen LogP contribution in [0.15, 0.2) is 12.5 Å². The molecule has 0 aliphatic heterocycles. The molecule has 172 valence electrons. The molecule has 0 spiro atoms. The average molecular weight is 442 g/mol. The molecule has 3 amide bonds. The normalized spacial score (nSPS) is 14.5. The lowest BCUT2D eigenvalue weighted by Gasteiger charge is -2.24. The van der Waals surface area contributed by atoms with Crippen LogP contribution in [0.3, 0.4) is 0 Å². The highest BCUT2D eigenvalue weighted by molar-refractivity contribution is 5.94. The van der Waals surface area contributed by atoms with Crippen molar-refractivity contribution in [3.63, 3.8) is 0 Å². The number of carbonyl (C=O) groups is 5. The van der Waals surface area contributed by atoms with Crippen LogP contribution in [0.2, 0.25) is 0 Å². The van der Waals surface area contributed by atoms with Crippen molar-refractivity contribution in [2.45, 2.75) is 50.4 Å². The van der Waals surface area contributed by atoms with Crippen LogP contribution in [-0.2, 0) is 30.4 Å². The minimum atomic E-state index is -1.60. The molecule has 0 fully saturated rings. The van der Waals surface area contributed by atoms with Crippen molar-refractivity contribution in [2.24, 2.45) is 5.73 Å². The number of imidazole rings is 1. The fourth-order valence-electron chi connectivity index (χ4n) is 2.40. The van der Waals surface area contributed by atoms with E-state index in [9.17, 15) is 24.0 Å². The molecule has 0 bridgehead atoms. The second-order valence-corrected chi connectivity index (χ2v) is 6.71. The molecule has 0 aromatic carbocycles. The molecule has 1 aromatic rings. The van der Waals surface area contributed by atoms with E-state index in [1.807, 2.05) is 0 Å². The second kappa shape index (κ2) is 12.2. The van der Waals surface area contributed by atoms with Crippen molar-refractivity contribution < 1.29 is 39.3 Å². The summed E-state index contributed by atoms with van der Waals surface area (Å²) in [5, 5.41) is 33.8. The minimum absolute atomic E-state index is 0.123. The number of hydrogen-bond donors (Lipinski definition) is 8. The lowest BCUT2D eigenvalue weighted by molar-refractivity contribution is -0.143. The lowest BCUT2D eigenvalue weighted by atomic mass is 10.1. The van der Waals surface area contributed by atoms with Crippen LogP contribution in [0.25, 0.3) is 0 Å². The van der Waals surface area contributed by atoms with Gasteiger partial charge >= 0.3 is 11.9 Å². The molecule has 9 N–H and O–H groups in total.